The number of carbonyl (C=O) groups is 2. The molecule has 0 radical (unpaired) electrons. The van der Waals surface area contributed by atoms with Gasteiger partial charge < -0.3 is 5.11 Å². The van der Waals surface area contributed by atoms with E-state index in [-0.39, 0.29) is 12.2 Å². The summed E-state index contributed by atoms with van der Waals surface area (Å²) in [6.07, 6.45) is 3.37. The van der Waals surface area contributed by atoms with Crippen LogP contribution in [0.3, 0.4) is 0 Å². The van der Waals surface area contributed by atoms with Gasteiger partial charge in [-0.05, 0) is 20.0 Å². The molecule has 0 heterocycles. The molecule has 0 rings (SSSR count). The Labute approximate surface area is 97.6 Å². The number of nitrogens with zero attached hydrogens (tertiary/aromatic N) is 1. The lowest BCUT2D eigenvalue weighted by Gasteiger charge is -2.24. The minimum Gasteiger partial charge on any atom is -0.481 e. The zero-order valence-electron chi connectivity index (χ0n) is 10.5. The minimum absolute atomic E-state index is 0.0557. The van der Waals surface area contributed by atoms with Crippen LogP contribution in [-0.4, -0.2) is 41.4 Å². The van der Waals surface area contributed by atoms with Crippen molar-refractivity contribution in [1.82, 2.24) is 4.90 Å². The van der Waals surface area contributed by atoms with Crippen molar-refractivity contribution in [3.8, 4) is 0 Å². The molecule has 0 aliphatic heterocycles. The minimum atomic E-state index is -0.908. The summed E-state index contributed by atoms with van der Waals surface area (Å²) >= 11 is 0. The molecule has 0 aromatic heterocycles. The van der Waals surface area contributed by atoms with E-state index < -0.39 is 12.0 Å². The second kappa shape index (κ2) is 8.28. The zero-order chi connectivity index (χ0) is 12.6. The SMILES string of the molecule is CCCCCC(=O)C(CC(=O)O)N(C)CC. The van der Waals surface area contributed by atoms with Crippen molar-refractivity contribution in [2.24, 2.45) is 0 Å². The van der Waals surface area contributed by atoms with Gasteiger partial charge >= 0.3 is 5.97 Å². The van der Waals surface area contributed by atoms with Crippen molar-refractivity contribution >= 4 is 11.8 Å². The Hall–Kier alpha value is -0.900. The topological polar surface area (TPSA) is 57.6 Å². The number of likely N-dealkylation sites (N-methyl/N-ethyl adjacent to an activating group) is 1. The average Bonchev–Trinajstić information content (AvgIpc) is 2.24. The summed E-state index contributed by atoms with van der Waals surface area (Å²) in [5.41, 5.74) is 0. The first kappa shape index (κ1) is 15.1. The van der Waals surface area contributed by atoms with Crippen LogP contribution in [-0.2, 0) is 9.59 Å². The van der Waals surface area contributed by atoms with Crippen LogP contribution in [0.25, 0.3) is 0 Å². The Balaban J connectivity index is 4.26. The van der Waals surface area contributed by atoms with Crippen LogP contribution in [0.2, 0.25) is 0 Å². The fourth-order valence-electron chi connectivity index (χ4n) is 1.62. The fourth-order valence-corrected chi connectivity index (χ4v) is 1.62. The third kappa shape index (κ3) is 5.85. The van der Waals surface area contributed by atoms with E-state index in [0.717, 1.165) is 19.3 Å². The number of unbranched alkanes of at least 4 members (excludes halogenated alkanes) is 2. The first-order valence-corrected chi connectivity index (χ1v) is 5.97. The lowest BCUT2D eigenvalue weighted by atomic mass is 10.0. The van der Waals surface area contributed by atoms with Crippen LogP contribution in [0.1, 0.15) is 46.0 Å². The Bertz CT molecular complexity index is 228. The van der Waals surface area contributed by atoms with E-state index in [1.807, 2.05) is 11.8 Å². The maximum absolute atomic E-state index is 11.8. The molecule has 1 atom stereocenters. The third-order valence-corrected chi connectivity index (χ3v) is 2.80. The normalized spacial score (nSPS) is 12.8. The number of Topliss-reactive ketones (excluding diaryl/α,β-unsaturated/α-hetero) is 1. The summed E-state index contributed by atoms with van der Waals surface area (Å²) in [7, 11) is 1.80. The van der Waals surface area contributed by atoms with Crippen LogP contribution >= 0.6 is 0 Å². The van der Waals surface area contributed by atoms with Crippen molar-refractivity contribution in [2.75, 3.05) is 13.6 Å². The summed E-state index contributed by atoms with van der Waals surface area (Å²) in [6.45, 7) is 4.70. The highest BCUT2D eigenvalue weighted by Crippen LogP contribution is 2.09. The summed E-state index contributed by atoms with van der Waals surface area (Å²) in [6, 6.07) is -0.459. The molecule has 4 nitrogen and oxygen atoms in total. The molecule has 0 aliphatic carbocycles. The van der Waals surface area contributed by atoms with Crippen LogP contribution in [0.4, 0.5) is 0 Å². The number of hydrogen-bond donors (Lipinski definition) is 1. The maximum Gasteiger partial charge on any atom is 0.305 e. The van der Waals surface area contributed by atoms with E-state index in [2.05, 4.69) is 6.92 Å². The largest absolute Gasteiger partial charge is 0.481 e. The fraction of sp³-hybridized carbons (Fsp3) is 0.833. The van der Waals surface area contributed by atoms with Crippen LogP contribution < -0.4 is 0 Å². The van der Waals surface area contributed by atoms with Gasteiger partial charge in [-0.25, -0.2) is 0 Å². The maximum atomic E-state index is 11.8. The van der Waals surface area contributed by atoms with Crippen LogP contribution in [0, 0.1) is 0 Å². The van der Waals surface area contributed by atoms with E-state index in [4.69, 9.17) is 5.11 Å². The Morgan fingerprint density at radius 3 is 2.31 bits per heavy atom. The number of aliphatic carboxylic acids is 1. The number of carbonyl (C=O) groups excluding carboxylic acids is 1. The van der Waals surface area contributed by atoms with Gasteiger partial charge in [-0.1, -0.05) is 26.7 Å². The number of carboxylic acids is 1. The quantitative estimate of drug-likeness (QED) is 0.614. The van der Waals surface area contributed by atoms with E-state index in [1.54, 1.807) is 7.05 Å². The number of ketones is 1. The lowest BCUT2D eigenvalue weighted by molar-refractivity contribution is -0.141. The Morgan fingerprint density at radius 2 is 1.88 bits per heavy atom. The third-order valence-electron chi connectivity index (χ3n) is 2.80. The van der Waals surface area contributed by atoms with Gasteiger partial charge in [-0.3, -0.25) is 14.5 Å². The van der Waals surface area contributed by atoms with Crippen LogP contribution in [0.15, 0.2) is 0 Å². The molecule has 0 aliphatic rings. The lowest BCUT2D eigenvalue weighted by Crippen LogP contribution is -2.40. The van der Waals surface area contributed by atoms with Crippen molar-refractivity contribution in [3.05, 3.63) is 0 Å². The number of carboxylic acid groups (broad SMARTS) is 1. The molecule has 0 amide bonds. The van der Waals surface area contributed by atoms with E-state index in [1.165, 1.54) is 0 Å². The van der Waals surface area contributed by atoms with Crippen molar-refractivity contribution in [3.63, 3.8) is 0 Å². The molecule has 94 valence electrons. The highest BCUT2D eigenvalue weighted by atomic mass is 16.4. The molecular formula is C12H23NO3. The van der Waals surface area contributed by atoms with E-state index in [9.17, 15) is 9.59 Å². The van der Waals surface area contributed by atoms with Gasteiger partial charge in [0.1, 0.15) is 0 Å². The molecule has 0 spiro atoms. The standard InChI is InChI=1S/C12H23NO3/c1-4-6-7-8-11(14)10(9-12(15)16)13(3)5-2/h10H,4-9H2,1-3H3,(H,15,16). The first-order valence-electron chi connectivity index (χ1n) is 5.97. The van der Waals surface area contributed by atoms with Gasteiger partial charge in [0.05, 0.1) is 12.5 Å². The summed E-state index contributed by atoms with van der Waals surface area (Å²) < 4.78 is 0. The number of hydrogen-bond acceptors (Lipinski definition) is 3. The Kier molecular flexibility index (Phi) is 7.81. The average molecular weight is 229 g/mol. The molecule has 0 bridgehead atoms. The van der Waals surface area contributed by atoms with Gasteiger partial charge in [-0.2, -0.15) is 0 Å². The molecule has 16 heavy (non-hydrogen) atoms. The first-order chi connectivity index (χ1) is 7.52. The summed E-state index contributed by atoms with van der Waals surface area (Å²) in [5.74, 6) is -0.852. The van der Waals surface area contributed by atoms with E-state index >= 15 is 0 Å². The molecule has 0 aromatic rings. The van der Waals surface area contributed by atoms with Gasteiger partial charge in [-0.15, -0.1) is 0 Å². The van der Waals surface area contributed by atoms with Gasteiger partial charge in [0.2, 0.25) is 0 Å². The highest BCUT2D eigenvalue weighted by Gasteiger charge is 2.24. The van der Waals surface area contributed by atoms with Crippen molar-refractivity contribution in [1.29, 1.82) is 0 Å². The highest BCUT2D eigenvalue weighted by molar-refractivity contribution is 5.87. The van der Waals surface area contributed by atoms with Gasteiger partial charge in [0.25, 0.3) is 0 Å². The molecule has 0 saturated carbocycles. The molecule has 1 N–H and O–H groups in total. The molecule has 0 fully saturated rings. The second-order valence-corrected chi connectivity index (χ2v) is 4.11. The van der Waals surface area contributed by atoms with Crippen molar-refractivity contribution in [2.45, 2.75) is 52.0 Å². The smallest absolute Gasteiger partial charge is 0.305 e. The summed E-state index contributed by atoms with van der Waals surface area (Å²) in [4.78, 5) is 24.3. The molecule has 1 unspecified atom stereocenters. The number of rotatable bonds is 9. The summed E-state index contributed by atoms with van der Waals surface area (Å²) in [5, 5.41) is 8.77. The molecule has 4 heteroatoms. The van der Waals surface area contributed by atoms with Gasteiger partial charge in [0, 0.05) is 6.42 Å². The molecule has 0 saturated heterocycles. The predicted octanol–water partition coefficient (Wildman–Crippen LogP) is 1.93. The Morgan fingerprint density at radius 1 is 1.25 bits per heavy atom. The monoisotopic (exact) mass is 229 g/mol. The predicted molar refractivity (Wildman–Crippen MR) is 63.5 cm³/mol. The molecule has 0 aromatic carbocycles. The molecular weight excluding hydrogens is 206 g/mol. The van der Waals surface area contributed by atoms with E-state index in [0.29, 0.717) is 13.0 Å². The second-order valence-electron chi connectivity index (χ2n) is 4.11. The van der Waals surface area contributed by atoms with Crippen LogP contribution in [0.5, 0.6) is 0 Å². The van der Waals surface area contributed by atoms with Gasteiger partial charge in [0.15, 0.2) is 5.78 Å². The zero-order valence-corrected chi connectivity index (χ0v) is 10.5. The van der Waals surface area contributed by atoms with Crippen molar-refractivity contribution < 1.29 is 14.7 Å².